The number of carbonyl (C=O) groups is 6. The highest BCUT2D eigenvalue weighted by atomic mass is 31.2. The molecule has 20 nitrogen and oxygen atoms in total. The molecule has 2 rings (SSSR count). The molecule has 1 aromatic rings. The molecule has 1 aliphatic heterocycles. The fraction of sp³-hybridized carbons (Fsp3) is 0.657. The monoisotopic (exact) mass is 816 g/mol. The Kier molecular flexibility index (Phi) is 21.6. The minimum Gasteiger partial charge on any atom is -0.494 e. The van der Waals surface area contributed by atoms with Gasteiger partial charge in [0.25, 0.3) is 0 Å². The topological polar surface area (TPSA) is 301 Å². The zero-order valence-electron chi connectivity index (χ0n) is 31.6. The van der Waals surface area contributed by atoms with Crippen molar-refractivity contribution in [1.82, 2.24) is 24.9 Å². The van der Waals surface area contributed by atoms with E-state index < -0.39 is 49.3 Å². The van der Waals surface area contributed by atoms with E-state index >= 15 is 0 Å². The second-order valence-electron chi connectivity index (χ2n) is 13.9. The number of benzene rings is 1. The Morgan fingerprint density at radius 2 is 1.29 bits per heavy atom. The molecule has 1 aromatic carbocycles. The fourth-order valence-corrected chi connectivity index (χ4v) is 7.57. The maximum Gasteiger partial charge on any atom is 0.320 e. The number of rotatable bonds is 24. The van der Waals surface area contributed by atoms with E-state index in [2.05, 4.69) is 5.32 Å². The minimum atomic E-state index is -3.60. The summed E-state index contributed by atoms with van der Waals surface area (Å²) in [5, 5.41) is 49.8. The molecule has 1 aliphatic rings. The third-order valence-electron chi connectivity index (χ3n) is 9.15. The van der Waals surface area contributed by atoms with Crippen LogP contribution >= 0.6 is 7.37 Å². The number of nitrogens with two attached hydrogens (primary N) is 1. The summed E-state index contributed by atoms with van der Waals surface area (Å²) in [6, 6.07) is 5.44. The van der Waals surface area contributed by atoms with Crippen LogP contribution in [-0.2, 0) is 39.8 Å². The first-order chi connectivity index (χ1) is 26.4. The number of carboxylic acids is 5. The quantitative estimate of drug-likeness (QED) is 0.0472. The normalized spacial score (nSPS) is 18.4. The molecular weight excluding hydrogens is 759 g/mol. The second kappa shape index (κ2) is 25.2. The first-order valence-electron chi connectivity index (χ1n) is 18.5. The van der Waals surface area contributed by atoms with E-state index in [1.807, 2.05) is 0 Å². The van der Waals surface area contributed by atoms with E-state index in [9.17, 15) is 58.7 Å². The van der Waals surface area contributed by atoms with Gasteiger partial charge < -0.3 is 46.2 Å². The van der Waals surface area contributed by atoms with Crippen molar-refractivity contribution in [2.75, 3.05) is 97.5 Å². The number of carboxylic acid groups (broad SMARTS) is 5. The third-order valence-corrected chi connectivity index (χ3v) is 11.1. The van der Waals surface area contributed by atoms with Gasteiger partial charge in [0.1, 0.15) is 11.8 Å². The van der Waals surface area contributed by atoms with E-state index in [-0.39, 0.29) is 116 Å². The molecule has 0 aliphatic carbocycles. The Morgan fingerprint density at radius 1 is 0.750 bits per heavy atom. The van der Waals surface area contributed by atoms with Crippen LogP contribution in [0.25, 0.3) is 0 Å². The standard InChI is InChI=1S/C35H57N6O14P/c36-29(35(51)52)4-1-2-10-37-30(42)9-19-56(53,54)18-3-17-55-28-7-5-26(6-8-28)20-27-21-40(24-33(47)48)14-13-38(22-31(43)44)11-12-39(23-32(45)46)15-16-41(27)25-34(49)50/h5-8,27,29H,1-4,9-25,36H2,(H,37,42)(H,43,44)(H,45,46)(H,47,48)(H,49,50)(H,51,52)(H,53,54)/t27-,29-/m0/s1. The molecule has 1 amide bonds. The summed E-state index contributed by atoms with van der Waals surface area (Å²) >= 11 is 0. The first-order valence-corrected chi connectivity index (χ1v) is 20.5. The molecule has 3 atom stereocenters. The van der Waals surface area contributed by atoms with Crippen LogP contribution in [0.1, 0.15) is 37.7 Å². The number of nitrogens with one attached hydrogen (secondary N) is 1. The SMILES string of the molecule is N[C@@H](CCCCNC(=O)CCP(=O)(O)CCCOc1ccc(C[C@H]2CN(CC(=O)O)CCN(CC(=O)O)CCN(CC(=O)O)CCN2CC(=O)O)cc1)C(=O)O. The summed E-state index contributed by atoms with van der Waals surface area (Å²) in [4.78, 5) is 86.7. The molecule has 9 N–H and O–H groups in total. The van der Waals surface area contributed by atoms with Crippen molar-refractivity contribution < 1.29 is 68.5 Å². The summed E-state index contributed by atoms with van der Waals surface area (Å²) in [5.41, 5.74) is 6.22. The summed E-state index contributed by atoms with van der Waals surface area (Å²) in [6.45, 7) is 0.260. The lowest BCUT2D eigenvalue weighted by atomic mass is 10.0. The highest BCUT2D eigenvalue weighted by Crippen LogP contribution is 2.41. The number of unbranched alkanes of at least 4 members (excludes halogenated alkanes) is 1. The summed E-state index contributed by atoms with van der Waals surface area (Å²) in [7, 11) is -3.60. The van der Waals surface area contributed by atoms with E-state index in [0.29, 0.717) is 31.6 Å². The van der Waals surface area contributed by atoms with Crippen LogP contribution in [0.5, 0.6) is 5.75 Å². The number of hydrogen-bond acceptors (Lipinski definition) is 13. The highest BCUT2D eigenvalue weighted by molar-refractivity contribution is 7.58. The molecule has 56 heavy (non-hydrogen) atoms. The van der Waals surface area contributed by atoms with Crippen molar-refractivity contribution in [3.63, 3.8) is 0 Å². The average Bonchev–Trinajstić information content (AvgIpc) is 3.10. The van der Waals surface area contributed by atoms with Crippen molar-refractivity contribution in [3.8, 4) is 5.75 Å². The molecule has 0 bridgehead atoms. The number of amides is 1. The van der Waals surface area contributed by atoms with Crippen molar-refractivity contribution >= 4 is 43.1 Å². The van der Waals surface area contributed by atoms with Crippen LogP contribution < -0.4 is 15.8 Å². The molecule has 0 spiro atoms. The van der Waals surface area contributed by atoms with E-state index in [1.54, 1.807) is 43.9 Å². The molecule has 0 saturated carbocycles. The Labute approximate surface area is 325 Å². The van der Waals surface area contributed by atoms with Gasteiger partial charge in [-0.2, -0.15) is 0 Å². The van der Waals surface area contributed by atoms with Crippen LogP contribution in [0, 0.1) is 0 Å². The lowest BCUT2D eigenvalue weighted by Crippen LogP contribution is -2.53. The maximum atomic E-state index is 12.6. The summed E-state index contributed by atoms with van der Waals surface area (Å²) in [6.07, 6.45) is 1.48. The largest absolute Gasteiger partial charge is 0.494 e. The molecule has 0 aromatic heterocycles. The van der Waals surface area contributed by atoms with Gasteiger partial charge >= 0.3 is 29.8 Å². The minimum absolute atomic E-state index is 0.0582. The predicted molar refractivity (Wildman–Crippen MR) is 202 cm³/mol. The van der Waals surface area contributed by atoms with Gasteiger partial charge in [-0.1, -0.05) is 12.1 Å². The van der Waals surface area contributed by atoms with E-state index in [4.69, 9.17) is 15.6 Å². The second-order valence-corrected chi connectivity index (χ2v) is 16.5. The summed E-state index contributed by atoms with van der Waals surface area (Å²) in [5.74, 6) is -5.38. The summed E-state index contributed by atoms with van der Waals surface area (Å²) < 4.78 is 18.4. The van der Waals surface area contributed by atoms with Gasteiger partial charge in [-0.25, -0.2) is 0 Å². The average molecular weight is 817 g/mol. The molecular formula is C35H57N6O14P. The van der Waals surface area contributed by atoms with Gasteiger partial charge in [0.05, 0.1) is 32.8 Å². The van der Waals surface area contributed by atoms with Crippen molar-refractivity contribution in [2.45, 2.75) is 50.6 Å². The van der Waals surface area contributed by atoms with Gasteiger partial charge in [0.15, 0.2) is 0 Å². The van der Waals surface area contributed by atoms with E-state index in [0.717, 1.165) is 5.56 Å². The van der Waals surface area contributed by atoms with Crippen molar-refractivity contribution in [1.29, 1.82) is 0 Å². The molecule has 1 unspecified atom stereocenters. The van der Waals surface area contributed by atoms with Gasteiger partial charge in [-0.15, -0.1) is 0 Å². The molecule has 1 heterocycles. The van der Waals surface area contributed by atoms with Crippen LogP contribution in [0.3, 0.4) is 0 Å². The van der Waals surface area contributed by atoms with Crippen LogP contribution in [0.4, 0.5) is 0 Å². The first kappa shape index (κ1) is 48.0. The van der Waals surface area contributed by atoms with Gasteiger partial charge in [-0.05, 0) is 49.8 Å². The zero-order chi connectivity index (χ0) is 41.7. The van der Waals surface area contributed by atoms with Crippen LogP contribution in [0.2, 0.25) is 0 Å². The Morgan fingerprint density at radius 3 is 1.84 bits per heavy atom. The molecule has 0 radical (unpaired) electrons. The fourth-order valence-electron chi connectivity index (χ4n) is 6.17. The molecule has 316 valence electrons. The smallest absolute Gasteiger partial charge is 0.320 e. The third kappa shape index (κ3) is 21.2. The molecule has 1 fully saturated rings. The van der Waals surface area contributed by atoms with Crippen LogP contribution in [-0.4, -0.2) is 195 Å². The van der Waals surface area contributed by atoms with Gasteiger partial charge in [0.2, 0.25) is 13.3 Å². The molecule has 21 heteroatoms. The Hall–Kier alpha value is -4.17. The van der Waals surface area contributed by atoms with E-state index in [1.165, 1.54) is 0 Å². The highest BCUT2D eigenvalue weighted by Gasteiger charge is 2.28. The number of nitrogens with zero attached hydrogens (tertiary/aromatic N) is 4. The van der Waals surface area contributed by atoms with Crippen molar-refractivity contribution in [3.05, 3.63) is 29.8 Å². The Bertz CT molecular complexity index is 1480. The molecule has 1 saturated heterocycles. The zero-order valence-corrected chi connectivity index (χ0v) is 32.5. The van der Waals surface area contributed by atoms with Gasteiger partial charge in [0, 0.05) is 77.1 Å². The van der Waals surface area contributed by atoms with Crippen LogP contribution in [0.15, 0.2) is 24.3 Å². The van der Waals surface area contributed by atoms with Gasteiger partial charge in [-0.3, -0.25) is 52.9 Å². The lowest BCUT2D eigenvalue weighted by Gasteiger charge is -2.37. The maximum absolute atomic E-state index is 12.6. The van der Waals surface area contributed by atoms with Crippen molar-refractivity contribution in [2.24, 2.45) is 5.73 Å². The number of carbonyl (C=O) groups excluding carboxylic acids is 1. The Balaban J connectivity index is 2.02. The number of aliphatic carboxylic acids is 5. The number of ether oxygens (including phenoxy) is 1. The lowest BCUT2D eigenvalue weighted by molar-refractivity contribution is -0.142. The predicted octanol–water partition coefficient (Wildman–Crippen LogP) is -0.714. The number of hydrogen-bond donors (Lipinski definition) is 8.